The highest BCUT2D eigenvalue weighted by Gasteiger charge is 2.64. The van der Waals surface area contributed by atoms with Gasteiger partial charge in [0.2, 0.25) is 23.6 Å². The summed E-state index contributed by atoms with van der Waals surface area (Å²) >= 11 is 6.82. The normalized spacial score (nSPS) is 24.1. The van der Waals surface area contributed by atoms with Gasteiger partial charge in [-0.25, -0.2) is 14.6 Å². The number of esters is 1. The first-order valence-corrected chi connectivity index (χ1v) is 29.2. The topological polar surface area (TPSA) is 292 Å². The predicted molar refractivity (Wildman–Crippen MR) is 318 cm³/mol. The van der Waals surface area contributed by atoms with E-state index in [-0.39, 0.29) is 96.0 Å². The third-order valence-corrected chi connectivity index (χ3v) is 16.1. The maximum atomic E-state index is 14.3. The molecule has 3 aliphatic rings. The Morgan fingerprint density at radius 2 is 1.64 bits per heavy atom. The van der Waals surface area contributed by atoms with Gasteiger partial charge in [-0.05, 0) is 69.5 Å². The molecule has 0 radical (unpaired) electrons. The smallest absolute Gasteiger partial charge is 0.409 e. The van der Waals surface area contributed by atoms with Gasteiger partial charge in [0.1, 0.15) is 46.8 Å². The fraction of sp³-hybridized carbons (Fsp3) is 0.600. The quantitative estimate of drug-likeness (QED) is 0.0252. The van der Waals surface area contributed by atoms with E-state index in [9.17, 15) is 39.0 Å². The molecule has 25 nitrogen and oxygen atoms in total. The average molecular weight is 1230 g/mol. The highest BCUT2D eigenvalue weighted by molar-refractivity contribution is 6.35. The van der Waals surface area contributed by atoms with E-state index in [1.165, 1.54) is 38.0 Å². The number of epoxide rings is 1. The Kier molecular flexibility index (Phi) is 26.2. The second-order valence-electron chi connectivity index (χ2n) is 21.9. The minimum absolute atomic E-state index is 0.0401. The van der Waals surface area contributed by atoms with Gasteiger partial charge in [-0.1, -0.05) is 60.5 Å². The minimum Gasteiger partial charge on any atom is -0.495 e. The Hall–Kier alpha value is -6.23. The zero-order chi connectivity index (χ0) is 62.7. The second-order valence-corrected chi connectivity index (χ2v) is 22.3. The third kappa shape index (κ3) is 18.6. The molecule has 3 aliphatic heterocycles. The number of anilines is 1. The molecule has 4 heterocycles. The number of methoxy groups -OCH3 is 2. The monoisotopic (exact) mass is 1230 g/mol. The number of nitrogens with zero attached hydrogens (tertiary/aromatic N) is 4. The van der Waals surface area contributed by atoms with Crippen molar-refractivity contribution in [2.75, 3.05) is 113 Å². The number of para-hydroxylation sites is 1. The van der Waals surface area contributed by atoms with Gasteiger partial charge in [-0.2, -0.15) is 0 Å². The van der Waals surface area contributed by atoms with Gasteiger partial charge in [0, 0.05) is 71.3 Å². The Morgan fingerprint density at radius 3 is 2.30 bits per heavy atom. The molecular formula is C60H87ClN8O17. The second kappa shape index (κ2) is 32.7. The number of fused-ring (bicyclic) bond motifs is 6. The highest BCUT2D eigenvalue weighted by atomic mass is 35.5. The molecule has 476 valence electrons. The summed E-state index contributed by atoms with van der Waals surface area (Å²) in [5.74, 6) is -2.82. The molecule has 2 aromatic carbocycles. The largest absolute Gasteiger partial charge is 0.495 e. The lowest BCUT2D eigenvalue weighted by molar-refractivity contribution is -0.162. The number of aliphatic hydroxyl groups excluding tert-OH is 1. The summed E-state index contributed by atoms with van der Waals surface area (Å²) in [7, 11) is 9.67. The Bertz CT molecular complexity index is 2850. The van der Waals surface area contributed by atoms with Crippen molar-refractivity contribution in [3.05, 3.63) is 82.5 Å². The summed E-state index contributed by atoms with van der Waals surface area (Å²) in [5.41, 5.74) is 3.98. The van der Waals surface area contributed by atoms with Crippen molar-refractivity contribution < 1.29 is 81.6 Å². The number of hydrazine groups is 1. The van der Waals surface area contributed by atoms with Gasteiger partial charge in [-0.15, -0.1) is 0 Å². The van der Waals surface area contributed by atoms with Gasteiger partial charge in [0.05, 0.1) is 97.7 Å². The number of ether oxygens (including phenoxy) is 9. The summed E-state index contributed by atoms with van der Waals surface area (Å²) in [6.07, 6.45) is 0.545. The van der Waals surface area contributed by atoms with Gasteiger partial charge < -0.3 is 77.8 Å². The highest BCUT2D eigenvalue weighted by Crippen LogP contribution is 2.49. The molecular weight excluding hydrogens is 1140 g/mol. The number of rotatable bonds is 29. The summed E-state index contributed by atoms with van der Waals surface area (Å²) < 4.78 is 53.8. The number of allylic oxidation sites excluding steroid dienone is 3. The van der Waals surface area contributed by atoms with Crippen LogP contribution in [-0.2, 0) is 81.4 Å². The lowest BCUT2D eigenvalue weighted by Gasteiger charge is -2.42. The lowest BCUT2D eigenvalue weighted by Crippen LogP contribution is -2.63. The van der Waals surface area contributed by atoms with Crippen molar-refractivity contribution in [2.45, 2.75) is 121 Å². The van der Waals surface area contributed by atoms with E-state index in [2.05, 4.69) is 32.0 Å². The lowest BCUT2D eigenvalue weighted by atomic mass is 9.83. The molecule has 4 bridgehead atoms. The maximum absolute atomic E-state index is 14.3. The average Bonchev–Trinajstić information content (AvgIpc) is 1.59. The molecule has 3 aromatic rings. The number of benzene rings is 2. The summed E-state index contributed by atoms with van der Waals surface area (Å²) in [5, 5.41) is 32.7. The number of aliphatic hydroxyl groups is 2. The van der Waals surface area contributed by atoms with E-state index in [1.54, 1.807) is 45.2 Å². The van der Waals surface area contributed by atoms with Gasteiger partial charge in [0.15, 0.2) is 5.72 Å². The van der Waals surface area contributed by atoms with Crippen molar-refractivity contribution >= 4 is 63.9 Å². The molecule has 86 heavy (non-hydrogen) atoms. The zero-order valence-electron chi connectivity index (χ0n) is 51.0. The van der Waals surface area contributed by atoms with Crippen LogP contribution in [0.25, 0.3) is 10.9 Å². The van der Waals surface area contributed by atoms with Gasteiger partial charge in [-0.3, -0.25) is 29.9 Å². The molecule has 26 heteroatoms. The number of nitrogens with one attached hydrogen (secondary N) is 4. The molecule has 2 fully saturated rings. The molecule has 0 saturated carbocycles. The van der Waals surface area contributed by atoms with Crippen LogP contribution in [0.5, 0.6) is 5.75 Å². The van der Waals surface area contributed by atoms with E-state index < -0.39 is 90.1 Å². The number of carbonyl (C=O) groups excluding carboxylic acids is 6. The maximum Gasteiger partial charge on any atom is 0.409 e. The number of amides is 5. The third-order valence-electron chi connectivity index (χ3n) is 15.7. The molecule has 0 spiro atoms. The summed E-state index contributed by atoms with van der Waals surface area (Å²) in [6.45, 7) is 9.20. The number of aromatic nitrogens is 1. The van der Waals surface area contributed by atoms with E-state index >= 15 is 0 Å². The first-order valence-electron chi connectivity index (χ1n) is 28.9. The molecule has 5 amide bonds. The number of aryl methyl sites for hydroxylation is 1. The van der Waals surface area contributed by atoms with Crippen LogP contribution in [-0.4, -0.2) is 217 Å². The molecule has 0 aliphatic carbocycles. The first-order chi connectivity index (χ1) is 41.1. The predicted octanol–water partition coefficient (Wildman–Crippen LogP) is 3.18. The van der Waals surface area contributed by atoms with Crippen molar-refractivity contribution in [2.24, 2.45) is 5.92 Å². The van der Waals surface area contributed by atoms with Crippen molar-refractivity contribution in [1.82, 2.24) is 35.9 Å². The molecule has 1 unspecified atom stereocenters. The van der Waals surface area contributed by atoms with Crippen LogP contribution in [0.3, 0.4) is 0 Å². The number of hydrogen-bond donors (Lipinski definition) is 6. The van der Waals surface area contributed by atoms with Gasteiger partial charge >= 0.3 is 12.1 Å². The molecule has 2 saturated heterocycles. The van der Waals surface area contributed by atoms with E-state index in [1.807, 2.05) is 56.4 Å². The first kappa shape index (κ1) is 68.9. The molecule has 6 N–H and O–H groups in total. The Labute approximate surface area is 507 Å². The van der Waals surface area contributed by atoms with Crippen LogP contribution in [0.15, 0.2) is 66.3 Å². The van der Waals surface area contributed by atoms with Crippen LogP contribution in [0, 0.1) is 5.92 Å². The van der Waals surface area contributed by atoms with Gasteiger partial charge in [0.25, 0.3) is 0 Å². The SMILES string of the molecule is CNN(C)Cc1cc2ccccc2n1CCC(=O)N[C@@H](CO)C(=O)NCCOCCOCCOCCOCCC(=O)N(C)[C@@H](C)C(=O)O[C@H]1CC(=O)N(C)c2cc(cc(OC)c2Cl)C/C(C)=C/C=C/[C@@H](OC)[C@@]2(O)C[C@H](OC(=O)N2)[C@@H](C)C2O[C@]21C. The molecule has 1 aromatic heterocycles. The van der Waals surface area contributed by atoms with Crippen LogP contribution in [0.4, 0.5) is 10.5 Å². The minimum atomic E-state index is -1.87. The standard InChI is InChI=1S/C60H87ClN8O17/c1-38-14-13-17-49(79-10)60(77)35-48(84-58(76)65-60)39(2)55-59(4,86-55)50(34-53(73)68(8)46-31-41(30-38)32-47(78-9)54(46)61)85-57(75)40(3)67(7)52(72)19-22-80-24-26-82-28-29-83-27-25-81-23-20-63-56(74)44(37-70)64-51(71)18-21-69-43(36-66(6)62-5)33-42-15-11-12-16-45(42)69/h11-17,31-33,39-40,44,48-50,55,62,70,77H,18-30,34-37H2,1-10H3,(H,63,74)(H,64,71)(H,65,76)/b17-13+,38-14+/t39-,40+,44+,48+,49-,50+,55?,59+,60+/m1/s1. The summed E-state index contributed by atoms with van der Waals surface area (Å²) in [6, 6.07) is 11.4. The number of carbonyl (C=O) groups is 6. The van der Waals surface area contributed by atoms with Crippen LogP contribution < -0.4 is 31.0 Å². The molecule has 9 atom stereocenters. The van der Waals surface area contributed by atoms with E-state index in [0.29, 0.717) is 30.9 Å². The van der Waals surface area contributed by atoms with Crippen molar-refractivity contribution in [3.8, 4) is 5.75 Å². The number of alkyl carbamates (subject to hydrolysis) is 1. The van der Waals surface area contributed by atoms with Crippen molar-refractivity contribution in [3.63, 3.8) is 0 Å². The number of halogens is 1. The number of hydrogen-bond acceptors (Lipinski definition) is 19. The van der Waals surface area contributed by atoms with Crippen LogP contribution >= 0.6 is 11.6 Å². The Morgan fingerprint density at radius 1 is 0.965 bits per heavy atom. The van der Waals surface area contributed by atoms with Crippen LogP contribution in [0.2, 0.25) is 5.02 Å². The summed E-state index contributed by atoms with van der Waals surface area (Å²) in [4.78, 5) is 83.0. The molecule has 6 rings (SSSR count). The number of likely N-dealkylation sites (N-methyl/N-ethyl adjacent to an activating group) is 1. The zero-order valence-corrected chi connectivity index (χ0v) is 51.8. The van der Waals surface area contributed by atoms with E-state index in [4.69, 9.17) is 54.2 Å². The fourth-order valence-corrected chi connectivity index (χ4v) is 10.7. The Balaban J connectivity index is 0.892. The van der Waals surface area contributed by atoms with Crippen LogP contribution in [0.1, 0.15) is 64.6 Å². The fourth-order valence-electron chi connectivity index (χ4n) is 10.3. The van der Waals surface area contributed by atoms with Crippen molar-refractivity contribution in [1.29, 1.82) is 0 Å². The van der Waals surface area contributed by atoms with E-state index in [0.717, 1.165) is 27.7 Å².